The van der Waals surface area contributed by atoms with Gasteiger partial charge in [-0.3, -0.25) is 19.7 Å². The van der Waals surface area contributed by atoms with Crippen molar-refractivity contribution >= 4 is 17.7 Å². The molecule has 142 valence electrons. The van der Waals surface area contributed by atoms with Crippen LogP contribution < -0.4 is 10.9 Å². The SMILES string of the molecule is O=C(/C=C/c1ccc([N+](=O)[O-])cc1)NCCn1nc(-n2cccn2)ccc1=O. The molecule has 2 aromatic heterocycles. The van der Waals surface area contributed by atoms with Crippen LogP contribution in [-0.4, -0.2) is 36.9 Å². The van der Waals surface area contributed by atoms with Crippen molar-refractivity contribution in [1.82, 2.24) is 24.9 Å². The molecule has 0 unspecified atom stereocenters. The number of hydrogen-bond acceptors (Lipinski definition) is 6. The number of aromatic nitrogens is 4. The van der Waals surface area contributed by atoms with E-state index >= 15 is 0 Å². The van der Waals surface area contributed by atoms with E-state index in [-0.39, 0.29) is 30.2 Å². The predicted octanol–water partition coefficient (Wildman–Crippen LogP) is 1.17. The van der Waals surface area contributed by atoms with Crippen molar-refractivity contribution in [2.24, 2.45) is 0 Å². The Morgan fingerprint density at radius 3 is 2.68 bits per heavy atom. The van der Waals surface area contributed by atoms with Crippen molar-refractivity contribution in [1.29, 1.82) is 0 Å². The molecule has 0 fully saturated rings. The molecule has 0 spiro atoms. The number of benzene rings is 1. The Morgan fingerprint density at radius 2 is 2.00 bits per heavy atom. The van der Waals surface area contributed by atoms with Crippen molar-refractivity contribution in [3.63, 3.8) is 0 Å². The van der Waals surface area contributed by atoms with Gasteiger partial charge in [0.25, 0.3) is 11.2 Å². The summed E-state index contributed by atoms with van der Waals surface area (Å²) in [5.41, 5.74) is 0.356. The highest BCUT2D eigenvalue weighted by Crippen LogP contribution is 2.12. The summed E-state index contributed by atoms with van der Waals surface area (Å²) >= 11 is 0. The summed E-state index contributed by atoms with van der Waals surface area (Å²) in [5.74, 6) is 0.142. The van der Waals surface area contributed by atoms with E-state index in [1.807, 2.05) is 0 Å². The van der Waals surface area contributed by atoms with Crippen molar-refractivity contribution in [3.05, 3.63) is 87.0 Å². The fraction of sp³-hybridized carbons (Fsp3) is 0.111. The maximum atomic E-state index is 11.9. The number of carbonyl (C=O) groups is 1. The normalized spacial score (nSPS) is 10.9. The Balaban J connectivity index is 1.54. The van der Waals surface area contributed by atoms with Crippen LogP contribution >= 0.6 is 0 Å². The van der Waals surface area contributed by atoms with E-state index in [1.54, 1.807) is 42.7 Å². The molecule has 1 N–H and O–H groups in total. The minimum Gasteiger partial charge on any atom is -0.351 e. The molecule has 2 heterocycles. The summed E-state index contributed by atoms with van der Waals surface area (Å²) in [6.07, 6.45) is 6.18. The molecule has 10 nitrogen and oxygen atoms in total. The largest absolute Gasteiger partial charge is 0.351 e. The molecule has 0 saturated carbocycles. The molecule has 1 amide bonds. The first-order valence-corrected chi connectivity index (χ1v) is 8.31. The quantitative estimate of drug-likeness (QED) is 0.373. The molecule has 0 aliphatic carbocycles. The topological polar surface area (TPSA) is 125 Å². The van der Waals surface area contributed by atoms with Gasteiger partial charge in [-0.1, -0.05) is 0 Å². The molecule has 0 atom stereocenters. The zero-order valence-electron chi connectivity index (χ0n) is 14.6. The monoisotopic (exact) mass is 380 g/mol. The molecule has 0 aliphatic rings. The molecule has 0 saturated heterocycles. The first-order valence-electron chi connectivity index (χ1n) is 8.31. The third kappa shape index (κ3) is 4.75. The van der Waals surface area contributed by atoms with E-state index in [4.69, 9.17) is 0 Å². The fourth-order valence-corrected chi connectivity index (χ4v) is 2.35. The van der Waals surface area contributed by atoms with Crippen molar-refractivity contribution < 1.29 is 9.72 Å². The predicted molar refractivity (Wildman–Crippen MR) is 101 cm³/mol. The van der Waals surface area contributed by atoms with Crippen LogP contribution in [0.15, 0.2) is 65.7 Å². The number of nitrogens with zero attached hydrogens (tertiary/aromatic N) is 5. The minimum absolute atomic E-state index is 0.0168. The first kappa shape index (κ1) is 18.7. The van der Waals surface area contributed by atoms with Gasteiger partial charge in [-0.15, -0.1) is 5.10 Å². The van der Waals surface area contributed by atoms with Gasteiger partial charge >= 0.3 is 0 Å². The summed E-state index contributed by atoms with van der Waals surface area (Å²) in [6.45, 7) is 0.407. The molecule has 0 aliphatic heterocycles. The molecule has 3 rings (SSSR count). The summed E-state index contributed by atoms with van der Waals surface area (Å²) < 4.78 is 2.78. The van der Waals surface area contributed by atoms with E-state index in [1.165, 1.54) is 33.6 Å². The van der Waals surface area contributed by atoms with Gasteiger partial charge in [0.05, 0.1) is 11.5 Å². The van der Waals surface area contributed by atoms with Gasteiger partial charge in [0, 0.05) is 43.2 Å². The summed E-state index contributed by atoms with van der Waals surface area (Å²) in [4.78, 5) is 33.9. The third-order valence-corrected chi connectivity index (χ3v) is 3.75. The molecule has 0 radical (unpaired) electrons. The second-order valence-electron chi connectivity index (χ2n) is 5.68. The molecule has 28 heavy (non-hydrogen) atoms. The molecule has 10 heteroatoms. The summed E-state index contributed by atoms with van der Waals surface area (Å²) in [6, 6.07) is 10.5. The lowest BCUT2D eigenvalue weighted by Crippen LogP contribution is -2.31. The summed E-state index contributed by atoms with van der Waals surface area (Å²) in [7, 11) is 0. The molecule has 1 aromatic carbocycles. The molecular formula is C18H16N6O4. The Morgan fingerprint density at radius 1 is 1.21 bits per heavy atom. The number of amides is 1. The van der Waals surface area contributed by atoms with Crippen LogP contribution in [-0.2, 0) is 11.3 Å². The Hall–Kier alpha value is -4.08. The number of carbonyl (C=O) groups excluding carboxylic acids is 1. The Bertz CT molecular complexity index is 1050. The highest BCUT2D eigenvalue weighted by atomic mass is 16.6. The van der Waals surface area contributed by atoms with Crippen LogP contribution in [0.1, 0.15) is 5.56 Å². The van der Waals surface area contributed by atoms with Crippen LogP contribution in [0.5, 0.6) is 0 Å². The highest BCUT2D eigenvalue weighted by molar-refractivity contribution is 5.91. The summed E-state index contributed by atoms with van der Waals surface area (Å²) in [5, 5.41) is 21.5. The van der Waals surface area contributed by atoms with Crippen LogP contribution in [0.3, 0.4) is 0 Å². The van der Waals surface area contributed by atoms with Gasteiger partial charge in [-0.05, 0) is 35.9 Å². The lowest BCUT2D eigenvalue weighted by molar-refractivity contribution is -0.384. The van der Waals surface area contributed by atoms with Crippen LogP contribution in [0.25, 0.3) is 11.9 Å². The lowest BCUT2D eigenvalue weighted by atomic mass is 10.2. The molecular weight excluding hydrogens is 364 g/mol. The van der Waals surface area contributed by atoms with Crippen LogP contribution in [0, 0.1) is 10.1 Å². The fourth-order valence-electron chi connectivity index (χ4n) is 2.35. The maximum absolute atomic E-state index is 11.9. The van der Waals surface area contributed by atoms with Crippen LogP contribution in [0.4, 0.5) is 5.69 Å². The minimum atomic E-state index is -0.489. The second kappa shape index (κ2) is 8.54. The highest BCUT2D eigenvalue weighted by Gasteiger charge is 2.04. The van der Waals surface area contributed by atoms with Crippen molar-refractivity contribution in [2.75, 3.05) is 6.54 Å². The average molecular weight is 380 g/mol. The van der Waals surface area contributed by atoms with E-state index < -0.39 is 4.92 Å². The third-order valence-electron chi connectivity index (χ3n) is 3.75. The average Bonchev–Trinajstić information content (AvgIpc) is 3.23. The zero-order chi connectivity index (χ0) is 19.9. The molecule has 3 aromatic rings. The lowest BCUT2D eigenvalue weighted by Gasteiger charge is -2.07. The van der Waals surface area contributed by atoms with Gasteiger partial charge in [0.2, 0.25) is 5.91 Å². The van der Waals surface area contributed by atoms with Crippen LogP contribution in [0.2, 0.25) is 0 Å². The Labute approximate surface area is 158 Å². The van der Waals surface area contributed by atoms with E-state index in [2.05, 4.69) is 15.5 Å². The van der Waals surface area contributed by atoms with Crippen molar-refractivity contribution in [3.8, 4) is 5.82 Å². The number of nitro groups is 1. The van der Waals surface area contributed by atoms with E-state index in [0.717, 1.165) is 0 Å². The van der Waals surface area contributed by atoms with Gasteiger partial charge in [-0.25, -0.2) is 9.36 Å². The first-order chi connectivity index (χ1) is 13.5. The second-order valence-corrected chi connectivity index (χ2v) is 5.68. The number of nitro benzene ring substituents is 1. The van der Waals surface area contributed by atoms with Crippen molar-refractivity contribution in [2.45, 2.75) is 6.54 Å². The Kier molecular flexibility index (Phi) is 5.70. The maximum Gasteiger partial charge on any atom is 0.269 e. The van der Waals surface area contributed by atoms with E-state index in [9.17, 15) is 19.7 Å². The number of hydrogen-bond donors (Lipinski definition) is 1. The molecule has 0 bridgehead atoms. The number of non-ortho nitro benzene ring substituents is 1. The van der Waals surface area contributed by atoms with Gasteiger partial charge in [0.1, 0.15) is 0 Å². The standard InChI is InChI=1S/C18H16N6O4/c25-17(8-4-14-2-5-15(6-3-14)24(27)28)19-11-13-23-18(26)9-7-16(21-23)22-12-1-10-20-22/h1-10,12H,11,13H2,(H,19,25)/b8-4+. The number of rotatable bonds is 7. The van der Waals surface area contributed by atoms with E-state index in [0.29, 0.717) is 11.4 Å². The van der Waals surface area contributed by atoms with Gasteiger partial charge in [-0.2, -0.15) is 5.10 Å². The zero-order valence-corrected chi connectivity index (χ0v) is 14.6. The smallest absolute Gasteiger partial charge is 0.269 e. The number of nitrogens with one attached hydrogen (secondary N) is 1. The van der Waals surface area contributed by atoms with Gasteiger partial charge in [0.15, 0.2) is 5.82 Å². The van der Waals surface area contributed by atoms with Gasteiger partial charge < -0.3 is 5.32 Å².